The molecule has 2 N–H and O–H groups in total. The van der Waals surface area contributed by atoms with E-state index in [-0.39, 0.29) is 12.0 Å². The van der Waals surface area contributed by atoms with Gasteiger partial charge < -0.3 is 10.2 Å². The number of aliphatic hydroxyl groups is 2. The number of hydrogen-bond acceptors (Lipinski definition) is 2. The predicted octanol–water partition coefficient (Wildman–Crippen LogP) is -0.393. The van der Waals surface area contributed by atoms with E-state index in [9.17, 15) is 0 Å². The second-order valence-corrected chi connectivity index (χ2v) is 2.99. The van der Waals surface area contributed by atoms with Gasteiger partial charge in [-0.15, -0.1) is 0 Å². The van der Waals surface area contributed by atoms with Crippen LogP contribution in [0.15, 0.2) is 0 Å². The van der Waals surface area contributed by atoms with Crippen LogP contribution in [-0.2, 0) is 0 Å². The fourth-order valence-electron chi connectivity index (χ4n) is 1.76. The van der Waals surface area contributed by atoms with Gasteiger partial charge >= 0.3 is 0 Å². The average molecular weight is 114 g/mol. The predicted molar refractivity (Wildman–Crippen MR) is 28.2 cm³/mol. The number of rotatable bonds is 2. The molecule has 0 aromatic carbocycles. The summed E-state index contributed by atoms with van der Waals surface area (Å²) in [5.74, 6) is 1.16. The Labute approximate surface area is 48.1 Å². The van der Waals surface area contributed by atoms with E-state index < -0.39 is 0 Å². The second-order valence-electron chi connectivity index (χ2n) is 2.99. The highest BCUT2D eigenvalue weighted by Gasteiger charge is 2.77. The van der Waals surface area contributed by atoms with Crippen LogP contribution >= 0.6 is 0 Å². The molecule has 8 heavy (non-hydrogen) atoms. The lowest BCUT2D eigenvalue weighted by atomic mass is 10.1. The number of aliphatic hydroxyl groups excluding tert-OH is 2. The highest BCUT2D eigenvalue weighted by atomic mass is 16.3. The Balaban J connectivity index is 1.97. The summed E-state index contributed by atoms with van der Waals surface area (Å²) in [5.41, 5.74) is 0.231. The molecule has 46 valence electrons. The highest BCUT2D eigenvalue weighted by molar-refractivity contribution is 5.24. The first-order chi connectivity index (χ1) is 3.85. The van der Waals surface area contributed by atoms with Crippen molar-refractivity contribution >= 4 is 0 Å². The molecule has 0 spiro atoms. The zero-order valence-corrected chi connectivity index (χ0v) is 4.67. The summed E-state index contributed by atoms with van der Waals surface area (Å²) < 4.78 is 0. The third-order valence-corrected chi connectivity index (χ3v) is 2.78. The minimum absolute atomic E-state index is 0.231. The zero-order chi connectivity index (χ0) is 5.78. The van der Waals surface area contributed by atoms with Crippen molar-refractivity contribution in [3.63, 3.8) is 0 Å². The van der Waals surface area contributed by atoms with E-state index in [2.05, 4.69) is 0 Å². The number of hydrogen-bond donors (Lipinski definition) is 2. The molecule has 2 rings (SSSR count). The van der Waals surface area contributed by atoms with E-state index in [4.69, 9.17) is 10.2 Å². The van der Waals surface area contributed by atoms with E-state index >= 15 is 0 Å². The fourth-order valence-corrected chi connectivity index (χ4v) is 1.76. The van der Waals surface area contributed by atoms with E-state index in [1.54, 1.807) is 0 Å². The molecular formula is C6H10O2. The Hall–Kier alpha value is -0.0800. The van der Waals surface area contributed by atoms with Gasteiger partial charge in [0, 0.05) is 18.6 Å². The van der Waals surface area contributed by atoms with Gasteiger partial charge in [0.2, 0.25) is 0 Å². The SMILES string of the molecule is OCC1C2CC12CO. The van der Waals surface area contributed by atoms with Crippen LogP contribution in [0.1, 0.15) is 6.42 Å². The second kappa shape index (κ2) is 1.09. The Morgan fingerprint density at radius 3 is 2.38 bits per heavy atom. The lowest BCUT2D eigenvalue weighted by molar-refractivity contribution is 0.182. The first kappa shape index (κ1) is 4.77. The molecule has 2 saturated carbocycles. The molecule has 0 heterocycles. The van der Waals surface area contributed by atoms with Gasteiger partial charge in [0.25, 0.3) is 0 Å². The smallest absolute Gasteiger partial charge is 0.0493 e. The summed E-state index contributed by atoms with van der Waals surface area (Å²) >= 11 is 0. The molecule has 3 atom stereocenters. The van der Waals surface area contributed by atoms with Gasteiger partial charge in [-0.25, -0.2) is 0 Å². The van der Waals surface area contributed by atoms with Crippen LogP contribution in [0.5, 0.6) is 0 Å². The van der Waals surface area contributed by atoms with Crippen molar-refractivity contribution < 1.29 is 10.2 Å². The van der Waals surface area contributed by atoms with Gasteiger partial charge in [-0.2, -0.15) is 0 Å². The summed E-state index contributed by atoms with van der Waals surface area (Å²) in [6, 6.07) is 0. The molecule has 0 saturated heterocycles. The third-order valence-electron chi connectivity index (χ3n) is 2.78. The molecule has 2 aliphatic carbocycles. The summed E-state index contributed by atoms with van der Waals surface area (Å²) in [6.45, 7) is 0.578. The van der Waals surface area contributed by atoms with Gasteiger partial charge in [-0.3, -0.25) is 0 Å². The van der Waals surface area contributed by atoms with Crippen molar-refractivity contribution in [2.75, 3.05) is 13.2 Å². The Bertz CT molecular complexity index is 124. The van der Waals surface area contributed by atoms with Crippen LogP contribution < -0.4 is 0 Å². The van der Waals surface area contributed by atoms with Crippen molar-refractivity contribution in [1.82, 2.24) is 0 Å². The molecule has 0 radical (unpaired) electrons. The fraction of sp³-hybridized carbons (Fsp3) is 1.00. The van der Waals surface area contributed by atoms with Gasteiger partial charge in [0.05, 0.1) is 0 Å². The van der Waals surface area contributed by atoms with Crippen LogP contribution in [0.4, 0.5) is 0 Å². The van der Waals surface area contributed by atoms with Crippen LogP contribution in [0, 0.1) is 17.3 Å². The third kappa shape index (κ3) is 0.298. The van der Waals surface area contributed by atoms with Gasteiger partial charge in [-0.05, 0) is 18.3 Å². The summed E-state index contributed by atoms with van der Waals surface area (Å²) in [4.78, 5) is 0. The summed E-state index contributed by atoms with van der Waals surface area (Å²) in [5, 5.41) is 17.3. The Kier molecular flexibility index (Phi) is 0.649. The van der Waals surface area contributed by atoms with Crippen LogP contribution in [0.25, 0.3) is 0 Å². The molecular weight excluding hydrogens is 104 g/mol. The highest BCUT2D eigenvalue weighted by Crippen LogP contribution is 2.79. The maximum atomic E-state index is 8.70. The van der Waals surface area contributed by atoms with E-state index in [0.29, 0.717) is 18.4 Å². The monoisotopic (exact) mass is 114 g/mol. The maximum Gasteiger partial charge on any atom is 0.0493 e. The number of fused-ring (bicyclic) bond motifs is 1. The van der Waals surface area contributed by atoms with E-state index in [1.165, 1.54) is 0 Å². The molecule has 0 bridgehead atoms. The lowest BCUT2D eigenvalue weighted by Gasteiger charge is -2.02. The first-order valence-electron chi connectivity index (χ1n) is 3.07. The van der Waals surface area contributed by atoms with E-state index in [1.807, 2.05) is 0 Å². The molecule has 0 amide bonds. The Morgan fingerprint density at radius 2 is 2.25 bits per heavy atom. The van der Waals surface area contributed by atoms with Crippen LogP contribution in [0.3, 0.4) is 0 Å². The van der Waals surface area contributed by atoms with Crippen LogP contribution in [0.2, 0.25) is 0 Å². The normalized spacial score (nSPS) is 57.8. The van der Waals surface area contributed by atoms with Crippen molar-refractivity contribution in [1.29, 1.82) is 0 Å². The molecule has 2 heteroatoms. The first-order valence-corrected chi connectivity index (χ1v) is 3.07. The minimum Gasteiger partial charge on any atom is -0.396 e. The molecule has 3 unspecified atom stereocenters. The largest absolute Gasteiger partial charge is 0.396 e. The Morgan fingerprint density at radius 1 is 1.50 bits per heavy atom. The summed E-state index contributed by atoms with van der Waals surface area (Å²) in [7, 11) is 0. The zero-order valence-electron chi connectivity index (χ0n) is 4.67. The van der Waals surface area contributed by atoms with E-state index in [0.717, 1.165) is 6.42 Å². The standard InChI is InChI=1S/C6H10O2/c7-2-5-4-1-6(4,5)3-8/h4-5,7-8H,1-3H2. The van der Waals surface area contributed by atoms with Crippen molar-refractivity contribution in [2.24, 2.45) is 17.3 Å². The molecule has 2 fully saturated rings. The average Bonchev–Trinajstić information content (AvgIpc) is 2.51. The topological polar surface area (TPSA) is 40.5 Å². The molecule has 2 aliphatic rings. The maximum absolute atomic E-state index is 8.70. The molecule has 2 nitrogen and oxygen atoms in total. The quantitative estimate of drug-likeness (QED) is 0.513. The van der Waals surface area contributed by atoms with Gasteiger partial charge in [0.15, 0.2) is 0 Å². The van der Waals surface area contributed by atoms with Crippen molar-refractivity contribution in [3.05, 3.63) is 0 Å². The van der Waals surface area contributed by atoms with Gasteiger partial charge in [-0.1, -0.05) is 0 Å². The lowest BCUT2D eigenvalue weighted by Crippen LogP contribution is -2.06. The van der Waals surface area contributed by atoms with Gasteiger partial charge in [0.1, 0.15) is 0 Å². The minimum atomic E-state index is 0.231. The molecule has 0 aromatic heterocycles. The van der Waals surface area contributed by atoms with Crippen molar-refractivity contribution in [2.45, 2.75) is 6.42 Å². The van der Waals surface area contributed by atoms with Crippen molar-refractivity contribution in [3.8, 4) is 0 Å². The molecule has 0 aliphatic heterocycles. The van der Waals surface area contributed by atoms with Crippen LogP contribution in [-0.4, -0.2) is 23.4 Å². The summed E-state index contributed by atoms with van der Waals surface area (Å²) in [6.07, 6.45) is 1.16. The molecule has 0 aromatic rings.